The van der Waals surface area contributed by atoms with Crippen molar-refractivity contribution in [3.8, 4) is 0 Å². The number of hydroxylamine groups is 1. The Labute approximate surface area is 111 Å². The van der Waals surface area contributed by atoms with Gasteiger partial charge in [0.1, 0.15) is 0 Å². The highest BCUT2D eigenvalue weighted by Gasteiger charge is 2.30. The molecule has 1 aromatic carbocycles. The van der Waals surface area contributed by atoms with Crippen LogP contribution in [-0.4, -0.2) is 23.7 Å². The molecule has 0 heterocycles. The van der Waals surface area contributed by atoms with Crippen molar-refractivity contribution in [2.24, 2.45) is 0 Å². The third-order valence-electron chi connectivity index (χ3n) is 2.07. The Bertz CT molecular complexity index is 491. The molecule has 0 fully saturated rings. The number of amides is 2. The number of alkyl halides is 3. The Morgan fingerprint density at radius 1 is 1.30 bits per heavy atom. The van der Waals surface area contributed by atoms with Gasteiger partial charge in [-0.3, -0.25) is 4.84 Å². The molecule has 6 nitrogen and oxygen atoms in total. The minimum absolute atomic E-state index is 0.161. The van der Waals surface area contributed by atoms with Gasteiger partial charge in [0.2, 0.25) is 0 Å². The number of halogens is 3. The molecule has 3 N–H and O–H groups in total. The maximum atomic E-state index is 12.4. The Morgan fingerprint density at radius 2 is 2.00 bits per heavy atom. The molecule has 0 saturated carbocycles. The molecule has 2 amide bonds. The molecule has 1 rings (SSSR count). The molecule has 9 heteroatoms. The molecule has 0 spiro atoms. The van der Waals surface area contributed by atoms with E-state index >= 15 is 0 Å². The quantitative estimate of drug-likeness (QED) is 0.718. The Hall–Kier alpha value is -2.29. The van der Waals surface area contributed by atoms with Crippen LogP contribution in [0.1, 0.15) is 11.1 Å². The van der Waals surface area contributed by atoms with Gasteiger partial charge in [-0.05, 0) is 17.7 Å². The number of aliphatic carboxylic acids is 1. The van der Waals surface area contributed by atoms with Crippen LogP contribution < -0.4 is 10.8 Å². The summed E-state index contributed by atoms with van der Waals surface area (Å²) in [6.07, 6.45) is -4.46. The first kappa shape index (κ1) is 15.8. The number of benzene rings is 1. The zero-order valence-electron chi connectivity index (χ0n) is 10.0. The number of hydrogen-bond acceptors (Lipinski definition) is 3. The standard InChI is InChI=1S/C11H11F3N2O4/c12-11(13,14)8-3-1-2-7(4-8)5-15-10(19)16-20-6-9(17)18/h1-4H,5-6H2,(H,17,18)(H2,15,16,19). The van der Waals surface area contributed by atoms with E-state index in [1.54, 1.807) is 5.48 Å². The largest absolute Gasteiger partial charge is 0.479 e. The van der Waals surface area contributed by atoms with Crippen molar-refractivity contribution >= 4 is 12.0 Å². The topological polar surface area (TPSA) is 87.7 Å². The lowest BCUT2D eigenvalue weighted by molar-refractivity contribution is -0.144. The second-order valence-corrected chi connectivity index (χ2v) is 3.67. The van der Waals surface area contributed by atoms with Gasteiger partial charge >= 0.3 is 18.2 Å². The van der Waals surface area contributed by atoms with Crippen LogP contribution in [0.15, 0.2) is 24.3 Å². The van der Waals surface area contributed by atoms with E-state index < -0.39 is 30.3 Å². The molecule has 0 atom stereocenters. The maximum absolute atomic E-state index is 12.4. The number of rotatable bonds is 5. The van der Waals surface area contributed by atoms with Gasteiger partial charge in [0.05, 0.1) is 5.56 Å². The van der Waals surface area contributed by atoms with E-state index in [4.69, 9.17) is 5.11 Å². The van der Waals surface area contributed by atoms with Gasteiger partial charge < -0.3 is 10.4 Å². The van der Waals surface area contributed by atoms with Crippen LogP contribution in [0, 0.1) is 0 Å². The molecule has 0 aromatic heterocycles. The summed E-state index contributed by atoms with van der Waals surface area (Å²) in [6, 6.07) is 3.59. The summed E-state index contributed by atoms with van der Waals surface area (Å²) in [5, 5.41) is 10.5. The van der Waals surface area contributed by atoms with Crippen molar-refractivity contribution in [3.05, 3.63) is 35.4 Å². The summed E-state index contributed by atoms with van der Waals surface area (Å²) >= 11 is 0. The Morgan fingerprint density at radius 3 is 2.60 bits per heavy atom. The second kappa shape index (κ2) is 6.75. The highest BCUT2D eigenvalue weighted by molar-refractivity contribution is 5.73. The first-order valence-electron chi connectivity index (χ1n) is 5.32. The predicted octanol–water partition coefficient (Wildman–Crippen LogP) is 1.52. The molecule has 0 aliphatic rings. The van der Waals surface area contributed by atoms with Crippen LogP contribution in [0.5, 0.6) is 0 Å². The van der Waals surface area contributed by atoms with Crippen molar-refractivity contribution in [2.45, 2.75) is 12.7 Å². The molecular formula is C11H11F3N2O4. The minimum atomic E-state index is -4.46. The number of carbonyl (C=O) groups is 2. The first-order chi connectivity index (χ1) is 9.29. The molecule has 0 unspecified atom stereocenters. The average molecular weight is 292 g/mol. The van der Waals surface area contributed by atoms with E-state index in [0.29, 0.717) is 0 Å². The molecule has 0 bridgehead atoms. The maximum Gasteiger partial charge on any atom is 0.416 e. The molecule has 0 saturated heterocycles. The lowest BCUT2D eigenvalue weighted by Gasteiger charge is -2.10. The Kier molecular flexibility index (Phi) is 5.32. The van der Waals surface area contributed by atoms with Crippen molar-refractivity contribution in [2.75, 3.05) is 6.61 Å². The van der Waals surface area contributed by atoms with Gasteiger partial charge in [-0.2, -0.15) is 13.2 Å². The fourth-order valence-electron chi connectivity index (χ4n) is 1.24. The first-order valence-corrected chi connectivity index (χ1v) is 5.32. The number of urea groups is 1. The minimum Gasteiger partial charge on any atom is -0.479 e. The van der Waals surface area contributed by atoms with Gasteiger partial charge in [0.15, 0.2) is 6.61 Å². The number of carbonyl (C=O) groups excluding carboxylic acids is 1. The summed E-state index contributed by atoms with van der Waals surface area (Å²) in [5.74, 6) is -1.27. The lowest BCUT2D eigenvalue weighted by Crippen LogP contribution is -2.36. The smallest absolute Gasteiger partial charge is 0.416 e. The van der Waals surface area contributed by atoms with Crippen molar-refractivity contribution < 1.29 is 32.7 Å². The van der Waals surface area contributed by atoms with Crippen LogP contribution in [0.3, 0.4) is 0 Å². The number of carboxylic acids is 1. The predicted molar refractivity (Wildman–Crippen MR) is 60.4 cm³/mol. The molecule has 110 valence electrons. The molecular weight excluding hydrogens is 281 g/mol. The fourth-order valence-corrected chi connectivity index (χ4v) is 1.24. The molecule has 0 radical (unpaired) electrons. The van der Waals surface area contributed by atoms with Gasteiger partial charge in [-0.25, -0.2) is 15.1 Å². The van der Waals surface area contributed by atoms with Crippen molar-refractivity contribution in [3.63, 3.8) is 0 Å². The highest BCUT2D eigenvalue weighted by Crippen LogP contribution is 2.29. The van der Waals surface area contributed by atoms with E-state index in [9.17, 15) is 22.8 Å². The van der Waals surface area contributed by atoms with Gasteiger partial charge in [0.25, 0.3) is 0 Å². The van der Waals surface area contributed by atoms with E-state index in [1.165, 1.54) is 12.1 Å². The van der Waals surface area contributed by atoms with E-state index in [1.807, 2.05) is 0 Å². The van der Waals surface area contributed by atoms with E-state index in [2.05, 4.69) is 10.2 Å². The fraction of sp³-hybridized carbons (Fsp3) is 0.273. The molecule has 1 aromatic rings. The molecule has 20 heavy (non-hydrogen) atoms. The zero-order valence-corrected chi connectivity index (χ0v) is 10.0. The SMILES string of the molecule is O=C(O)CONC(=O)NCc1cccc(C(F)(F)F)c1. The third-order valence-corrected chi connectivity index (χ3v) is 2.07. The molecule has 0 aliphatic carbocycles. The lowest BCUT2D eigenvalue weighted by atomic mass is 10.1. The number of hydrogen-bond donors (Lipinski definition) is 3. The average Bonchev–Trinajstić information content (AvgIpc) is 2.35. The number of nitrogens with one attached hydrogen (secondary N) is 2. The van der Waals surface area contributed by atoms with Crippen LogP contribution in [0.2, 0.25) is 0 Å². The summed E-state index contributed by atoms with van der Waals surface area (Å²) in [7, 11) is 0. The monoisotopic (exact) mass is 292 g/mol. The third kappa shape index (κ3) is 5.57. The summed E-state index contributed by atoms with van der Waals surface area (Å²) in [5.41, 5.74) is 1.20. The van der Waals surface area contributed by atoms with Crippen molar-refractivity contribution in [1.29, 1.82) is 0 Å². The van der Waals surface area contributed by atoms with Crippen LogP contribution >= 0.6 is 0 Å². The van der Waals surface area contributed by atoms with Crippen LogP contribution in [0.4, 0.5) is 18.0 Å². The van der Waals surface area contributed by atoms with Gasteiger partial charge in [-0.15, -0.1) is 0 Å². The zero-order chi connectivity index (χ0) is 15.2. The molecule has 0 aliphatic heterocycles. The summed E-state index contributed by atoms with van der Waals surface area (Å²) in [4.78, 5) is 25.5. The van der Waals surface area contributed by atoms with E-state index in [-0.39, 0.29) is 12.1 Å². The number of carboxylic acid groups (broad SMARTS) is 1. The van der Waals surface area contributed by atoms with E-state index in [0.717, 1.165) is 12.1 Å². The van der Waals surface area contributed by atoms with Crippen molar-refractivity contribution in [1.82, 2.24) is 10.8 Å². The van der Waals surface area contributed by atoms with Crippen LogP contribution in [0.25, 0.3) is 0 Å². The second-order valence-electron chi connectivity index (χ2n) is 3.67. The van der Waals surface area contributed by atoms with Gasteiger partial charge in [-0.1, -0.05) is 12.1 Å². The normalized spacial score (nSPS) is 10.9. The summed E-state index contributed by atoms with van der Waals surface area (Å²) < 4.78 is 37.3. The van der Waals surface area contributed by atoms with Gasteiger partial charge in [0, 0.05) is 6.54 Å². The summed E-state index contributed by atoms with van der Waals surface area (Å²) in [6.45, 7) is -0.886. The highest BCUT2D eigenvalue weighted by atomic mass is 19.4. The Balaban J connectivity index is 2.45. The van der Waals surface area contributed by atoms with Crippen LogP contribution in [-0.2, 0) is 22.4 Å².